The summed E-state index contributed by atoms with van der Waals surface area (Å²) in [6.07, 6.45) is 1.55. The SMILES string of the molecule is O=C(NC1(C(=O)O)CCSCC1)c1csc(Cc2ccccc2)n1. The van der Waals surface area contributed by atoms with Crippen molar-refractivity contribution in [2.45, 2.75) is 24.8 Å². The van der Waals surface area contributed by atoms with Crippen LogP contribution in [0.25, 0.3) is 0 Å². The number of aromatic nitrogens is 1. The summed E-state index contributed by atoms with van der Waals surface area (Å²) < 4.78 is 0. The van der Waals surface area contributed by atoms with Gasteiger partial charge in [0.2, 0.25) is 0 Å². The van der Waals surface area contributed by atoms with E-state index in [1.165, 1.54) is 11.3 Å². The van der Waals surface area contributed by atoms with Crippen molar-refractivity contribution in [3.05, 3.63) is 52.0 Å². The van der Waals surface area contributed by atoms with E-state index >= 15 is 0 Å². The van der Waals surface area contributed by atoms with Gasteiger partial charge in [-0.05, 0) is 29.9 Å². The second-order valence-electron chi connectivity index (χ2n) is 5.74. The van der Waals surface area contributed by atoms with Crippen LogP contribution in [-0.4, -0.2) is 39.0 Å². The molecule has 0 radical (unpaired) electrons. The maximum Gasteiger partial charge on any atom is 0.329 e. The van der Waals surface area contributed by atoms with Crippen LogP contribution in [0, 0.1) is 0 Å². The molecule has 2 aromatic rings. The predicted molar refractivity (Wildman–Crippen MR) is 95.8 cm³/mol. The molecule has 1 aliphatic heterocycles. The summed E-state index contributed by atoms with van der Waals surface area (Å²) in [7, 11) is 0. The molecule has 1 amide bonds. The highest BCUT2D eigenvalue weighted by molar-refractivity contribution is 7.99. The zero-order valence-electron chi connectivity index (χ0n) is 13.0. The van der Waals surface area contributed by atoms with E-state index in [4.69, 9.17) is 0 Å². The summed E-state index contributed by atoms with van der Waals surface area (Å²) in [5, 5.41) is 14.8. The van der Waals surface area contributed by atoms with E-state index in [2.05, 4.69) is 10.3 Å². The maximum absolute atomic E-state index is 12.5. The van der Waals surface area contributed by atoms with Crippen LogP contribution >= 0.6 is 23.1 Å². The average Bonchev–Trinajstić information content (AvgIpc) is 3.05. The normalized spacial score (nSPS) is 16.5. The summed E-state index contributed by atoms with van der Waals surface area (Å²) in [6.45, 7) is 0. The van der Waals surface area contributed by atoms with Crippen molar-refractivity contribution in [3.8, 4) is 0 Å². The zero-order chi connectivity index (χ0) is 17.0. The fraction of sp³-hybridized carbons (Fsp3) is 0.353. The minimum atomic E-state index is -1.16. The number of amides is 1. The molecule has 0 bridgehead atoms. The Kier molecular flexibility index (Phi) is 5.20. The molecule has 1 aromatic heterocycles. The molecular weight excluding hydrogens is 344 g/mol. The van der Waals surface area contributed by atoms with Crippen molar-refractivity contribution < 1.29 is 14.7 Å². The van der Waals surface area contributed by atoms with Crippen molar-refractivity contribution in [2.24, 2.45) is 0 Å². The molecule has 3 rings (SSSR count). The van der Waals surface area contributed by atoms with Gasteiger partial charge in [0.05, 0.1) is 5.01 Å². The van der Waals surface area contributed by atoms with Crippen molar-refractivity contribution >= 4 is 35.0 Å². The molecule has 1 saturated heterocycles. The van der Waals surface area contributed by atoms with E-state index in [0.717, 1.165) is 22.1 Å². The van der Waals surface area contributed by atoms with Gasteiger partial charge in [-0.2, -0.15) is 11.8 Å². The monoisotopic (exact) mass is 362 g/mol. The van der Waals surface area contributed by atoms with Crippen molar-refractivity contribution in [3.63, 3.8) is 0 Å². The summed E-state index contributed by atoms with van der Waals surface area (Å²) in [4.78, 5) is 28.5. The fourth-order valence-corrected chi connectivity index (χ4v) is 4.66. The Morgan fingerprint density at radius 2 is 1.92 bits per heavy atom. The maximum atomic E-state index is 12.5. The number of carbonyl (C=O) groups is 2. The Labute approximate surface area is 148 Å². The van der Waals surface area contributed by atoms with Gasteiger partial charge in [0.15, 0.2) is 0 Å². The predicted octanol–water partition coefficient (Wildman–Crippen LogP) is 2.81. The third-order valence-corrected chi connectivity index (χ3v) is 5.93. The number of aliphatic carboxylic acids is 1. The number of carboxylic acids is 1. The van der Waals surface area contributed by atoms with E-state index in [9.17, 15) is 14.7 Å². The standard InChI is InChI=1S/C17H18N2O3S2/c20-15(19-17(16(21)22)6-8-23-9-7-17)13-11-24-14(18-13)10-12-4-2-1-3-5-12/h1-5,11H,6-10H2,(H,19,20)(H,21,22). The first-order valence-corrected chi connectivity index (χ1v) is 9.74. The fourth-order valence-electron chi connectivity index (χ4n) is 2.66. The first-order valence-electron chi connectivity index (χ1n) is 7.71. The van der Waals surface area contributed by atoms with Crippen LogP contribution in [0.1, 0.15) is 33.9 Å². The number of carbonyl (C=O) groups excluding carboxylic acids is 1. The van der Waals surface area contributed by atoms with Gasteiger partial charge in [-0.25, -0.2) is 9.78 Å². The molecule has 126 valence electrons. The summed E-state index contributed by atoms with van der Waals surface area (Å²) in [5.74, 6) is 0.113. The molecule has 2 heterocycles. The van der Waals surface area contributed by atoms with E-state index in [1.807, 2.05) is 30.3 Å². The van der Waals surface area contributed by atoms with Crippen LogP contribution in [0.4, 0.5) is 0 Å². The number of thiazole rings is 1. The molecule has 1 aromatic carbocycles. The molecule has 2 N–H and O–H groups in total. The highest BCUT2D eigenvalue weighted by Crippen LogP contribution is 2.28. The van der Waals surface area contributed by atoms with Crippen LogP contribution in [0.15, 0.2) is 35.7 Å². The van der Waals surface area contributed by atoms with Crippen LogP contribution < -0.4 is 5.32 Å². The van der Waals surface area contributed by atoms with E-state index in [1.54, 1.807) is 17.1 Å². The summed E-state index contributed by atoms with van der Waals surface area (Å²) in [5.41, 5.74) is 0.265. The average molecular weight is 362 g/mol. The van der Waals surface area contributed by atoms with Gasteiger partial charge in [0.1, 0.15) is 11.2 Å². The van der Waals surface area contributed by atoms with E-state index < -0.39 is 17.4 Å². The van der Waals surface area contributed by atoms with Crippen molar-refractivity contribution in [1.29, 1.82) is 0 Å². The lowest BCUT2D eigenvalue weighted by atomic mass is 9.92. The van der Waals surface area contributed by atoms with Crippen LogP contribution in [0.5, 0.6) is 0 Å². The minimum absolute atomic E-state index is 0.296. The molecule has 7 heteroatoms. The van der Waals surface area contributed by atoms with Gasteiger partial charge in [-0.15, -0.1) is 11.3 Å². The smallest absolute Gasteiger partial charge is 0.329 e. The lowest BCUT2D eigenvalue weighted by Crippen LogP contribution is -2.56. The van der Waals surface area contributed by atoms with Crippen LogP contribution in [0.2, 0.25) is 0 Å². The quantitative estimate of drug-likeness (QED) is 0.855. The molecule has 0 unspecified atom stereocenters. The van der Waals surface area contributed by atoms with Crippen LogP contribution in [0.3, 0.4) is 0 Å². The Morgan fingerprint density at radius 1 is 1.21 bits per heavy atom. The minimum Gasteiger partial charge on any atom is -0.480 e. The summed E-state index contributed by atoms with van der Waals surface area (Å²) in [6, 6.07) is 9.92. The first-order chi connectivity index (χ1) is 11.6. The number of hydrogen-bond acceptors (Lipinski definition) is 5. The molecule has 5 nitrogen and oxygen atoms in total. The molecule has 24 heavy (non-hydrogen) atoms. The van der Waals surface area contributed by atoms with Crippen molar-refractivity contribution in [1.82, 2.24) is 10.3 Å². The van der Waals surface area contributed by atoms with Crippen molar-refractivity contribution in [2.75, 3.05) is 11.5 Å². The van der Waals surface area contributed by atoms with Gasteiger partial charge in [0.25, 0.3) is 5.91 Å². The highest BCUT2D eigenvalue weighted by atomic mass is 32.2. The molecule has 0 spiro atoms. The van der Waals surface area contributed by atoms with E-state index in [0.29, 0.717) is 25.0 Å². The Bertz CT molecular complexity index is 724. The van der Waals surface area contributed by atoms with Gasteiger partial charge in [-0.3, -0.25) is 4.79 Å². The van der Waals surface area contributed by atoms with Gasteiger partial charge >= 0.3 is 5.97 Å². The van der Waals surface area contributed by atoms with Crippen LogP contribution in [-0.2, 0) is 11.2 Å². The molecule has 0 aliphatic carbocycles. The van der Waals surface area contributed by atoms with Gasteiger partial charge < -0.3 is 10.4 Å². The number of rotatable bonds is 5. The number of hydrogen-bond donors (Lipinski definition) is 2. The largest absolute Gasteiger partial charge is 0.480 e. The lowest BCUT2D eigenvalue weighted by Gasteiger charge is -2.33. The third kappa shape index (κ3) is 3.79. The van der Waals surface area contributed by atoms with Gasteiger partial charge in [0, 0.05) is 11.8 Å². The molecule has 1 fully saturated rings. The highest BCUT2D eigenvalue weighted by Gasteiger charge is 2.41. The molecular formula is C17H18N2O3S2. The molecule has 0 saturated carbocycles. The molecule has 1 aliphatic rings. The first kappa shape index (κ1) is 17.0. The Morgan fingerprint density at radius 3 is 2.58 bits per heavy atom. The lowest BCUT2D eigenvalue weighted by molar-refractivity contribution is -0.144. The number of nitrogens with zero attached hydrogens (tertiary/aromatic N) is 1. The number of carboxylic acid groups (broad SMARTS) is 1. The number of nitrogens with one attached hydrogen (secondary N) is 1. The number of thioether (sulfide) groups is 1. The second kappa shape index (κ2) is 7.36. The second-order valence-corrected chi connectivity index (χ2v) is 7.91. The summed E-state index contributed by atoms with van der Waals surface area (Å²) >= 11 is 3.13. The Hall–Kier alpha value is -1.86. The van der Waals surface area contributed by atoms with Gasteiger partial charge in [-0.1, -0.05) is 30.3 Å². The molecule has 0 atom stereocenters. The topological polar surface area (TPSA) is 79.3 Å². The third-order valence-electron chi connectivity index (χ3n) is 4.09. The Balaban J connectivity index is 1.70. The number of benzene rings is 1. The van der Waals surface area contributed by atoms with E-state index in [-0.39, 0.29) is 0 Å². The zero-order valence-corrected chi connectivity index (χ0v) is 14.7.